The average Bonchev–Trinajstić information content (AvgIpc) is 2.34. The predicted molar refractivity (Wildman–Crippen MR) is 80.0 cm³/mol. The van der Waals surface area contributed by atoms with Crippen molar-refractivity contribution in [3.05, 3.63) is 0 Å². The summed E-state index contributed by atoms with van der Waals surface area (Å²) in [5.74, 6) is -0.421. The van der Waals surface area contributed by atoms with Crippen molar-refractivity contribution in [2.75, 3.05) is 6.54 Å². The van der Waals surface area contributed by atoms with Crippen LogP contribution in [-0.2, 0) is 14.3 Å². The minimum absolute atomic E-state index is 0.113. The van der Waals surface area contributed by atoms with Crippen molar-refractivity contribution in [3.63, 3.8) is 0 Å². The third kappa shape index (κ3) is 6.80. The van der Waals surface area contributed by atoms with Crippen LogP contribution < -0.4 is 10.6 Å². The van der Waals surface area contributed by atoms with Gasteiger partial charge in [-0.25, -0.2) is 9.59 Å². The maximum atomic E-state index is 12.2. The largest absolute Gasteiger partial charge is 0.461 e. The van der Waals surface area contributed by atoms with Crippen molar-refractivity contribution >= 4 is 12.1 Å². The molecule has 0 spiro atoms. The number of ether oxygens (including phenoxy) is 2. The summed E-state index contributed by atoms with van der Waals surface area (Å²) in [4.78, 5) is 24.2. The molecule has 1 saturated heterocycles. The highest BCUT2D eigenvalue weighted by molar-refractivity contribution is 5.82. The Hall–Kier alpha value is -1.30. The highest BCUT2D eigenvalue weighted by Gasteiger charge is 2.33. The number of carbonyl (C=O) groups excluding carboxylic acids is 2. The van der Waals surface area contributed by atoms with Crippen LogP contribution in [0.15, 0.2) is 0 Å². The number of rotatable bonds is 4. The van der Waals surface area contributed by atoms with E-state index < -0.39 is 23.7 Å². The minimum atomic E-state index is -0.720. The van der Waals surface area contributed by atoms with E-state index in [2.05, 4.69) is 10.6 Å². The molecule has 0 aromatic rings. The van der Waals surface area contributed by atoms with Crippen LogP contribution in [0.1, 0.15) is 53.9 Å². The lowest BCUT2D eigenvalue weighted by molar-refractivity contribution is -0.151. The van der Waals surface area contributed by atoms with Gasteiger partial charge in [0.05, 0.1) is 6.10 Å². The normalized spacial score (nSPS) is 20.8. The zero-order valence-corrected chi connectivity index (χ0v) is 13.7. The molecule has 0 bridgehead atoms. The van der Waals surface area contributed by atoms with Crippen LogP contribution in [0.25, 0.3) is 0 Å². The molecule has 2 unspecified atom stereocenters. The molecule has 122 valence electrons. The van der Waals surface area contributed by atoms with Crippen molar-refractivity contribution in [1.82, 2.24) is 10.6 Å². The fraction of sp³-hybridized carbons (Fsp3) is 0.867. The van der Waals surface area contributed by atoms with Crippen molar-refractivity contribution in [2.45, 2.75) is 77.7 Å². The van der Waals surface area contributed by atoms with Crippen molar-refractivity contribution in [1.29, 1.82) is 0 Å². The third-order valence-corrected chi connectivity index (χ3v) is 3.03. The van der Waals surface area contributed by atoms with Gasteiger partial charge >= 0.3 is 12.1 Å². The summed E-state index contributed by atoms with van der Waals surface area (Å²) in [6.45, 7) is 9.77. The first kappa shape index (κ1) is 17.8. The Morgan fingerprint density at radius 1 is 1.24 bits per heavy atom. The molecule has 0 aromatic carbocycles. The molecule has 1 amide bonds. The molecule has 0 aromatic heterocycles. The molecule has 6 heteroatoms. The van der Waals surface area contributed by atoms with Crippen molar-refractivity contribution < 1.29 is 19.1 Å². The van der Waals surface area contributed by atoms with Gasteiger partial charge in [-0.15, -0.1) is 0 Å². The van der Waals surface area contributed by atoms with Crippen LogP contribution in [0.2, 0.25) is 0 Å². The maximum absolute atomic E-state index is 12.2. The number of amides is 1. The van der Waals surface area contributed by atoms with Crippen molar-refractivity contribution in [2.24, 2.45) is 0 Å². The average molecular weight is 300 g/mol. The Labute approximate surface area is 126 Å². The number of esters is 1. The highest BCUT2D eigenvalue weighted by Crippen LogP contribution is 2.14. The van der Waals surface area contributed by atoms with Gasteiger partial charge in [0.2, 0.25) is 0 Å². The fourth-order valence-electron chi connectivity index (χ4n) is 2.23. The summed E-state index contributed by atoms with van der Waals surface area (Å²) in [6, 6.07) is -0.833. The molecule has 2 N–H and O–H groups in total. The molecule has 0 radical (unpaired) electrons. The molecule has 1 fully saturated rings. The molecular weight excluding hydrogens is 272 g/mol. The molecule has 1 rings (SSSR count). The standard InChI is InChI=1S/C15H28N2O4/c1-10(2)20-13(18)12(11-8-6-7-9-16-11)17-14(19)21-15(3,4)5/h10-12,16H,6-9H2,1-5H3,(H,17,19). The first-order valence-electron chi connectivity index (χ1n) is 7.62. The summed E-state index contributed by atoms with van der Waals surface area (Å²) in [6.07, 6.45) is 2.12. The van der Waals surface area contributed by atoms with Gasteiger partial charge < -0.3 is 20.1 Å². The molecule has 2 atom stereocenters. The quantitative estimate of drug-likeness (QED) is 0.776. The van der Waals surface area contributed by atoms with E-state index in [0.29, 0.717) is 0 Å². The Balaban J connectivity index is 2.71. The van der Waals surface area contributed by atoms with Crippen LogP contribution in [0.3, 0.4) is 0 Å². The SMILES string of the molecule is CC(C)OC(=O)C(NC(=O)OC(C)(C)C)C1CCCCN1. The zero-order chi connectivity index (χ0) is 16.0. The summed E-state index contributed by atoms with van der Waals surface area (Å²) >= 11 is 0. The lowest BCUT2D eigenvalue weighted by Crippen LogP contribution is -2.57. The number of alkyl carbamates (subject to hydrolysis) is 1. The summed E-state index contributed by atoms with van der Waals surface area (Å²) in [5.41, 5.74) is -0.601. The van der Waals surface area contributed by atoms with E-state index in [9.17, 15) is 9.59 Å². The molecule has 0 aliphatic carbocycles. The molecule has 1 aliphatic rings. The van der Waals surface area contributed by atoms with Gasteiger partial charge in [0.25, 0.3) is 0 Å². The van der Waals surface area contributed by atoms with E-state index in [0.717, 1.165) is 25.8 Å². The van der Waals surface area contributed by atoms with Gasteiger partial charge in [-0.2, -0.15) is 0 Å². The first-order valence-corrected chi connectivity index (χ1v) is 7.62. The first-order chi connectivity index (χ1) is 9.69. The summed E-state index contributed by atoms with van der Waals surface area (Å²) < 4.78 is 10.5. The Bertz CT molecular complexity index is 357. The molecule has 6 nitrogen and oxygen atoms in total. The van der Waals surface area contributed by atoms with Crippen LogP contribution >= 0.6 is 0 Å². The molecule has 21 heavy (non-hydrogen) atoms. The topological polar surface area (TPSA) is 76.7 Å². The van der Waals surface area contributed by atoms with Gasteiger partial charge in [0, 0.05) is 6.04 Å². The van der Waals surface area contributed by atoms with E-state index in [1.54, 1.807) is 34.6 Å². The van der Waals surface area contributed by atoms with Gasteiger partial charge in [-0.3, -0.25) is 0 Å². The monoisotopic (exact) mass is 300 g/mol. The van der Waals surface area contributed by atoms with E-state index in [-0.39, 0.29) is 12.1 Å². The Morgan fingerprint density at radius 3 is 2.38 bits per heavy atom. The number of carbonyl (C=O) groups is 2. The third-order valence-electron chi connectivity index (χ3n) is 3.03. The maximum Gasteiger partial charge on any atom is 0.408 e. The van der Waals surface area contributed by atoms with Crippen LogP contribution in [0, 0.1) is 0 Å². The minimum Gasteiger partial charge on any atom is -0.461 e. The second-order valence-corrected chi connectivity index (χ2v) is 6.67. The molecule has 0 saturated carbocycles. The van der Waals surface area contributed by atoms with E-state index in [1.165, 1.54) is 0 Å². The number of hydrogen-bond acceptors (Lipinski definition) is 5. The molecular formula is C15H28N2O4. The van der Waals surface area contributed by atoms with Gasteiger partial charge in [0.15, 0.2) is 0 Å². The smallest absolute Gasteiger partial charge is 0.408 e. The predicted octanol–water partition coefficient (Wildman–Crippen LogP) is 1.97. The van der Waals surface area contributed by atoms with E-state index in [4.69, 9.17) is 9.47 Å². The number of hydrogen-bond donors (Lipinski definition) is 2. The van der Waals surface area contributed by atoms with Gasteiger partial charge in [0.1, 0.15) is 11.6 Å². The Morgan fingerprint density at radius 2 is 1.90 bits per heavy atom. The second kappa shape index (κ2) is 7.64. The second-order valence-electron chi connectivity index (χ2n) is 6.67. The van der Waals surface area contributed by atoms with E-state index in [1.807, 2.05) is 0 Å². The lowest BCUT2D eigenvalue weighted by atomic mass is 9.98. The fourth-order valence-corrected chi connectivity index (χ4v) is 2.23. The Kier molecular flexibility index (Phi) is 6.45. The van der Waals surface area contributed by atoms with Crippen molar-refractivity contribution in [3.8, 4) is 0 Å². The number of nitrogens with one attached hydrogen (secondary N) is 2. The zero-order valence-electron chi connectivity index (χ0n) is 13.7. The highest BCUT2D eigenvalue weighted by atomic mass is 16.6. The van der Waals surface area contributed by atoms with Crippen LogP contribution in [0.5, 0.6) is 0 Å². The van der Waals surface area contributed by atoms with E-state index >= 15 is 0 Å². The molecule has 1 aliphatic heterocycles. The van der Waals surface area contributed by atoms with Crippen LogP contribution in [0.4, 0.5) is 4.79 Å². The lowest BCUT2D eigenvalue weighted by Gasteiger charge is -2.31. The summed E-state index contributed by atoms with van der Waals surface area (Å²) in [5, 5.41) is 5.92. The molecule has 1 heterocycles. The van der Waals surface area contributed by atoms with Crippen LogP contribution in [-0.4, -0.2) is 42.4 Å². The van der Waals surface area contributed by atoms with Gasteiger partial charge in [-0.1, -0.05) is 6.42 Å². The van der Waals surface area contributed by atoms with Gasteiger partial charge in [-0.05, 0) is 54.0 Å². The summed E-state index contributed by atoms with van der Waals surface area (Å²) in [7, 11) is 0. The number of piperidine rings is 1.